The van der Waals surface area contributed by atoms with E-state index in [1.54, 1.807) is 7.11 Å². The fraction of sp³-hybridized carbons (Fsp3) is 0.0667. The zero-order valence-electron chi connectivity index (χ0n) is 11.4. The van der Waals surface area contributed by atoms with E-state index in [4.69, 9.17) is 18.3 Å². The van der Waals surface area contributed by atoms with Crippen LogP contribution in [0.4, 0.5) is 5.82 Å². The number of thiophene rings is 1. The zero-order chi connectivity index (χ0) is 14.8. The van der Waals surface area contributed by atoms with E-state index >= 15 is 0 Å². The van der Waals surface area contributed by atoms with Crippen LogP contribution < -0.4 is 15.9 Å². The van der Waals surface area contributed by atoms with Gasteiger partial charge in [0.2, 0.25) is 0 Å². The molecule has 0 fully saturated rings. The van der Waals surface area contributed by atoms with Crippen LogP contribution in [0.15, 0.2) is 29.9 Å². The van der Waals surface area contributed by atoms with Crippen LogP contribution in [0.1, 0.15) is 11.1 Å². The van der Waals surface area contributed by atoms with Gasteiger partial charge >= 0.3 is 0 Å². The van der Waals surface area contributed by atoms with Gasteiger partial charge in [-0.15, -0.1) is 11.3 Å². The highest BCUT2D eigenvalue weighted by molar-refractivity contribution is 7.18. The van der Waals surface area contributed by atoms with Gasteiger partial charge in [0.1, 0.15) is 25.7 Å². The van der Waals surface area contributed by atoms with Gasteiger partial charge in [0.05, 0.1) is 17.3 Å². The largest absolute Gasteiger partial charge is 0.497 e. The van der Waals surface area contributed by atoms with E-state index in [9.17, 15) is 0 Å². The Morgan fingerprint density at radius 2 is 2.14 bits per heavy atom. The summed E-state index contributed by atoms with van der Waals surface area (Å²) in [4.78, 5) is 8.28. The predicted octanol–water partition coefficient (Wildman–Crippen LogP) is 2.25. The number of nitrogens with two attached hydrogens (primary N) is 1. The molecule has 2 heterocycles. The Bertz CT molecular complexity index is 829. The first-order chi connectivity index (χ1) is 10.2. The molecular weight excluding hydrogens is 281 g/mol. The van der Waals surface area contributed by atoms with Gasteiger partial charge in [-0.1, -0.05) is 29.7 Å². The molecule has 1 aromatic carbocycles. The highest BCUT2D eigenvalue weighted by Gasteiger charge is 2.06. The third-order valence-electron chi connectivity index (χ3n) is 3.12. The maximum Gasteiger partial charge on any atom is 0.144 e. The predicted molar refractivity (Wildman–Crippen MR) is 89.1 cm³/mol. The van der Waals surface area contributed by atoms with Crippen molar-refractivity contribution in [3.63, 3.8) is 0 Å². The number of rotatable bonds is 3. The average Bonchev–Trinajstić information content (AvgIpc) is 2.91. The normalized spacial score (nSPS) is 11.3. The number of fused-ring (bicyclic) bond motifs is 1. The van der Waals surface area contributed by atoms with Crippen LogP contribution in [0.2, 0.25) is 0 Å². The van der Waals surface area contributed by atoms with Crippen LogP contribution in [0.25, 0.3) is 22.4 Å². The fourth-order valence-electron chi connectivity index (χ4n) is 2.02. The summed E-state index contributed by atoms with van der Waals surface area (Å²) in [5, 5.41) is 2.01. The molecule has 0 saturated heterocycles. The van der Waals surface area contributed by atoms with E-state index in [1.165, 1.54) is 17.7 Å². The Labute approximate surface area is 127 Å². The van der Waals surface area contributed by atoms with E-state index in [2.05, 4.69) is 9.97 Å². The summed E-state index contributed by atoms with van der Waals surface area (Å²) in [6, 6.07) is 5.65. The minimum absolute atomic E-state index is 0.513. The summed E-state index contributed by atoms with van der Waals surface area (Å²) in [5.74, 6) is 1.18. The number of aromatic nitrogens is 2. The molecule has 0 saturated carbocycles. The second-order valence-corrected chi connectivity index (χ2v) is 5.34. The van der Waals surface area contributed by atoms with Gasteiger partial charge < -0.3 is 10.5 Å². The highest BCUT2D eigenvalue weighted by atomic mass is 32.1. The van der Waals surface area contributed by atoms with E-state index in [0.29, 0.717) is 17.0 Å². The van der Waals surface area contributed by atoms with Crippen LogP contribution in [0, 0.1) is 0 Å². The summed E-state index contributed by atoms with van der Waals surface area (Å²) in [6.07, 6.45) is 5.46. The van der Waals surface area contributed by atoms with Crippen LogP contribution >= 0.6 is 11.3 Å². The lowest BCUT2D eigenvalue weighted by Crippen LogP contribution is -2.06. The monoisotopic (exact) mass is 293 g/mol. The summed E-state index contributed by atoms with van der Waals surface area (Å²) in [5.41, 5.74) is 9.34. The van der Waals surface area contributed by atoms with E-state index in [-0.39, 0.29) is 0 Å². The fourth-order valence-corrected chi connectivity index (χ4v) is 2.91. The minimum Gasteiger partial charge on any atom is -0.497 e. The SMILES string of the molecule is [B]c1ccc(/C=C/c2csc3c(N)ncnc23)cc1OC. The Kier molecular flexibility index (Phi) is 3.62. The molecule has 0 atom stereocenters. The van der Waals surface area contributed by atoms with Crippen molar-refractivity contribution in [1.29, 1.82) is 0 Å². The molecule has 2 aromatic heterocycles. The van der Waals surface area contributed by atoms with Crippen molar-refractivity contribution in [3.05, 3.63) is 41.0 Å². The molecule has 4 nitrogen and oxygen atoms in total. The van der Waals surface area contributed by atoms with Gasteiger partial charge in [-0.2, -0.15) is 0 Å². The van der Waals surface area contributed by atoms with Gasteiger partial charge in [-0.25, -0.2) is 9.97 Å². The Hall–Kier alpha value is -2.34. The quantitative estimate of drug-likeness (QED) is 0.752. The Balaban J connectivity index is 1.96. The molecule has 3 rings (SSSR count). The lowest BCUT2D eigenvalue weighted by molar-refractivity contribution is 0.418. The number of hydrogen-bond acceptors (Lipinski definition) is 5. The van der Waals surface area contributed by atoms with Gasteiger partial charge in [0.25, 0.3) is 0 Å². The van der Waals surface area contributed by atoms with Crippen LogP contribution in [-0.4, -0.2) is 24.9 Å². The summed E-state index contributed by atoms with van der Waals surface area (Å²) in [7, 11) is 7.41. The molecule has 0 unspecified atom stereocenters. The molecule has 3 aromatic rings. The van der Waals surface area contributed by atoms with Crippen molar-refractivity contribution < 1.29 is 4.74 Å². The topological polar surface area (TPSA) is 61.0 Å². The van der Waals surface area contributed by atoms with Crippen molar-refractivity contribution in [2.75, 3.05) is 12.8 Å². The maximum absolute atomic E-state index is 5.84. The second kappa shape index (κ2) is 5.57. The first-order valence-electron chi connectivity index (χ1n) is 6.28. The first kappa shape index (κ1) is 13.6. The number of nitrogens with zero attached hydrogens (tertiary/aromatic N) is 2. The molecule has 0 amide bonds. The molecular formula is C15H12BN3OS. The maximum atomic E-state index is 5.84. The summed E-state index contributed by atoms with van der Waals surface area (Å²) < 4.78 is 6.12. The average molecular weight is 293 g/mol. The lowest BCUT2D eigenvalue weighted by atomic mass is 9.93. The van der Waals surface area contributed by atoms with E-state index in [0.717, 1.165) is 21.3 Å². The zero-order valence-corrected chi connectivity index (χ0v) is 12.2. The van der Waals surface area contributed by atoms with Gasteiger partial charge in [-0.05, 0) is 11.6 Å². The first-order valence-corrected chi connectivity index (χ1v) is 7.16. The smallest absolute Gasteiger partial charge is 0.144 e. The number of ether oxygens (including phenoxy) is 1. The molecule has 0 spiro atoms. The lowest BCUT2D eigenvalue weighted by Gasteiger charge is -2.05. The van der Waals surface area contributed by atoms with Crippen molar-refractivity contribution in [2.45, 2.75) is 0 Å². The number of hydrogen-bond donors (Lipinski definition) is 1. The number of methoxy groups -OCH3 is 1. The van der Waals surface area contributed by atoms with Gasteiger partial charge in [0, 0.05) is 10.9 Å². The van der Waals surface area contributed by atoms with Gasteiger partial charge in [-0.3, -0.25) is 0 Å². The van der Waals surface area contributed by atoms with Crippen molar-refractivity contribution >= 4 is 52.8 Å². The van der Waals surface area contributed by atoms with Crippen molar-refractivity contribution in [3.8, 4) is 5.75 Å². The molecule has 0 aliphatic heterocycles. The molecule has 0 aliphatic carbocycles. The minimum atomic E-state index is 0.513. The van der Waals surface area contributed by atoms with Crippen LogP contribution in [0.5, 0.6) is 5.75 Å². The summed E-state index contributed by atoms with van der Waals surface area (Å²) >= 11 is 1.54. The summed E-state index contributed by atoms with van der Waals surface area (Å²) in [6.45, 7) is 0. The Morgan fingerprint density at radius 1 is 1.29 bits per heavy atom. The number of benzene rings is 1. The highest BCUT2D eigenvalue weighted by Crippen LogP contribution is 2.28. The third kappa shape index (κ3) is 2.62. The molecule has 102 valence electrons. The van der Waals surface area contributed by atoms with Crippen molar-refractivity contribution in [1.82, 2.24) is 9.97 Å². The van der Waals surface area contributed by atoms with Crippen LogP contribution in [-0.2, 0) is 0 Å². The van der Waals surface area contributed by atoms with Gasteiger partial charge in [0.15, 0.2) is 0 Å². The van der Waals surface area contributed by atoms with E-state index in [1.807, 2.05) is 35.7 Å². The van der Waals surface area contributed by atoms with Crippen molar-refractivity contribution in [2.24, 2.45) is 0 Å². The Morgan fingerprint density at radius 3 is 2.95 bits per heavy atom. The number of anilines is 1. The third-order valence-corrected chi connectivity index (χ3v) is 4.13. The molecule has 2 N–H and O–H groups in total. The molecule has 21 heavy (non-hydrogen) atoms. The molecule has 0 bridgehead atoms. The molecule has 0 aliphatic rings. The second-order valence-electron chi connectivity index (χ2n) is 4.46. The number of nitrogen functional groups attached to an aromatic ring is 1. The molecule has 2 radical (unpaired) electrons. The van der Waals surface area contributed by atoms with Crippen LogP contribution in [0.3, 0.4) is 0 Å². The molecule has 6 heteroatoms. The van der Waals surface area contributed by atoms with E-state index < -0.39 is 0 Å². The standard InChI is InChI=1S/C15H12BN3OS/c1-20-12-6-9(3-5-11(12)16)2-4-10-7-21-14-13(10)18-8-19-15(14)17/h2-8H,1H3,(H2,17,18,19)/b4-2+.